The molecule has 0 aliphatic heterocycles. The Morgan fingerprint density at radius 3 is 2.75 bits per heavy atom. The summed E-state index contributed by atoms with van der Waals surface area (Å²) in [6.07, 6.45) is 5.16. The molecular weight excluding hydrogens is 402 g/mol. The number of nitrogens with one attached hydrogen (secondary N) is 2. The SMILES string of the molecule is COCc1cccc(NC(=O)c2ccc(C)c(Nc3nccc(-c4cccnc4)n3)c2)c1. The lowest BCUT2D eigenvalue weighted by molar-refractivity contribution is 0.102. The molecule has 0 aliphatic carbocycles. The molecule has 0 saturated carbocycles. The van der Waals surface area contributed by atoms with Gasteiger partial charge in [0.15, 0.2) is 0 Å². The first-order valence-corrected chi connectivity index (χ1v) is 10.1. The van der Waals surface area contributed by atoms with Gasteiger partial charge in [-0.1, -0.05) is 18.2 Å². The maximum Gasteiger partial charge on any atom is 0.255 e. The molecule has 160 valence electrons. The predicted molar refractivity (Wildman–Crippen MR) is 125 cm³/mol. The molecule has 32 heavy (non-hydrogen) atoms. The van der Waals surface area contributed by atoms with Crippen LogP contribution in [0, 0.1) is 6.92 Å². The summed E-state index contributed by atoms with van der Waals surface area (Å²) in [6, 6.07) is 18.7. The molecule has 0 saturated heterocycles. The van der Waals surface area contributed by atoms with Gasteiger partial charge >= 0.3 is 0 Å². The Hall–Kier alpha value is -4.10. The van der Waals surface area contributed by atoms with Crippen LogP contribution in [0.5, 0.6) is 0 Å². The quantitative estimate of drug-likeness (QED) is 0.434. The number of aryl methyl sites for hydroxylation is 1. The zero-order chi connectivity index (χ0) is 22.3. The van der Waals surface area contributed by atoms with E-state index in [1.54, 1.807) is 37.8 Å². The van der Waals surface area contributed by atoms with Gasteiger partial charge in [0.1, 0.15) is 0 Å². The van der Waals surface area contributed by atoms with Crippen molar-refractivity contribution in [3.63, 3.8) is 0 Å². The standard InChI is InChI=1S/C25H23N5O2/c1-17-8-9-19(24(31)28-21-7-3-5-18(13-21)16-32-2)14-23(17)30-25-27-12-10-22(29-25)20-6-4-11-26-15-20/h3-15H,16H2,1-2H3,(H,28,31)(H,27,29,30). The highest BCUT2D eigenvalue weighted by atomic mass is 16.5. The van der Waals surface area contributed by atoms with Crippen LogP contribution >= 0.6 is 0 Å². The summed E-state index contributed by atoms with van der Waals surface area (Å²) in [7, 11) is 1.64. The van der Waals surface area contributed by atoms with Crippen LogP contribution in [0.15, 0.2) is 79.3 Å². The van der Waals surface area contributed by atoms with E-state index in [4.69, 9.17) is 4.74 Å². The Morgan fingerprint density at radius 1 is 1.03 bits per heavy atom. The summed E-state index contributed by atoms with van der Waals surface area (Å²) >= 11 is 0. The number of amides is 1. The number of nitrogens with zero attached hydrogens (tertiary/aromatic N) is 3. The van der Waals surface area contributed by atoms with Crippen molar-refractivity contribution in [2.45, 2.75) is 13.5 Å². The van der Waals surface area contributed by atoms with Crippen LogP contribution in [0.2, 0.25) is 0 Å². The number of rotatable bonds is 7. The maximum atomic E-state index is 12.8. The lowest BCUT2D eigenvalue weighted by Gasteiger charge is -2.12. The lowest BCUT2D eigenvalue weighted by atomic mass is 10.1. The van der Waals surface area contributed by atoms with E-state index < -0.39 is 0 Å². The zero-order valence-electron chi connectivity index (χ0n) is 17.9. The van der Waals surface area contributed by atoms with E-state index >= 15 is 0 Å². The molecule has 2 aromatic carbocycles. The highest BCUT2D eigenvalue weighted by Crippen LogP contribution is 2.23. The fourth-order valence-electron chi connectivity index (χ4n) is 3.22. The fraction of sp³-hybridized carbons (Fsp3) is 0.120. The zero-order valence-corrected chi connectivity index (χ0v) is 17.9. The number of benzene rings is 2. The van der Waals surface area contributed by atoms with Crippen LogP contribution in [0.1, 0.15) is 21.5 Å². The van der Waals surface area contributed by atoms with Gasteiger partial charge in [0.05, 0.1) is 12.3 Å². The molecule has 0 atom stereocenters. The average Bonchev–Trinajstić information content (AvgIpc) is 2.82. The topological polar surface area (TPSA) is 89.0 Å². The normalized spacial score (nSPS) is 10.6. The van der Waals surface area contributed by atoms with Crippen molar-refractivity contribution in [3.8, 4) is 11.3 Å². The molecule has 2 aromatic heterocycles. The summed E-state index contributed by atoms with van der Waals surface area (Å²) in [4.78, 5) is 25.9. The lowest BCUT2D eigenvalue weighted by Crippen LogP contribution is -2.12. The second kappa shape index (κ2) is 9.80. The van der Waals surface area contributed by atoms with Gasteiger partial charge in [-0.15, -0.1) is 0 Å². The van der Waals surface area contributed by atoms with Crippen molar-refractivity contribution in [1.29, 1.82) is 0 Å². The van der Waals surface area contributed by atoms with Gasteiger partial charge in [0.2, 0.25) is 5.95 Å². The minimum Gasteiger partial charge on any atom is -0.380 e. The predicted octanol–water partition coefficient (Wildman–Crippen LogP) is 4.99. The third-order valence-electron chi connectivity index (χ3n) is 4.85. The molecule has 2 heterocycles. The molecule has 0 aliphatic rings. The smallest absolute Gasteiger partial charge is 0.255 e. The van der Waals surface area contributed by atoms with Crippen molar-refractivity contribution >= 4 is 23.2 Å². The van der Waals surface area contributed by atoms with E-state index in [0.717, 1.165) is 28.1 Å². The van der Waals surface area contributed by atoms with Gasteiger partial charge in [0, 0.05) is 48.2 Å². The van der Waals surface area contributed by atoms with Gasteiger partial charge < -0.3 is 15.4 Å². The minimum absolute atomic E-state index is 0.201. The van der Waals surface area contributed by atoms with Crippen LogP contribution in [0.4, 0.5) is 17.3 Å². The molecule has 0 radical (unpaired) electrons. The molecule has 0 unspecified atom stereocenters. The molecular formula is C25H23N5O2. The number of pyridine rings is 1. The van der Waals surface area contributed by atoms with E-state index in [1.165, 1.54) is 0 Å². The third-order valence-corrected chi connectivity index (χ3v) is 4.85. The number of carbonyl (C=O) groups excluding carboxylic acids is 1. The maximum absolute atomic E-state index is 12.8. The minimum atomic E-state index is -0.201. The Kier molecular flexibility index (Phi) is 6.48. The highest BCUT2D eigenvalue weighted by Gasteiger charge is 2.11. The largest absolute Gasteiger partial charge is 0.380 e. The average molecular weight is 425 g/mol. The number of aromatic nitrogens is 3. The van der Waals surface area contributed by atoms with Gasteiger partial charge in [-0.3, -0.25) is 9.78 Å². The Bertz CT molecular complexity index is 1230. The van der Waals surface area contributed by atoms with E-state index in [2.05, 4.69) is 25.6 Å². The molecule has 7 nitrogen and oxygen atoms in total. The van der Waals surface area contributed by atoms with Crippen LogP contribution in [0.3, 0.4) is 0 Å². The summed E-state index contributed by atoms with van der Waals surface area (Å²) in [5, 5.41) is 6.17. The van der Waals surface area contributed by atoms with Gasteiger partial charge in [-0.05, 0) is 60.5 Å². The van der Waals surface area contributed by atoms with Gasteiger partial charge in [-0.25, -0.2) is 9.97 Å². The number of methoxy groups -OCH3 is 1. The van der Waals surface area contributed by atoms with Crippen LogP contribution in [-0.2, 0) is 11.3 Å². The molecule has 7 heteroatoms. The van der Waals surface area contributed by atoms with Crippen molar-refractivity contribution in [3.05, 3.63) is 95.9 Å². The van der Waals surface area contributed by atoms with E-state index in [1.807, 2.05) is 55.5 Å². The van der Waals surface area contributed by atoms with Crippen molar-refractivity contribution in [2.24, 2.45) is 0 Å². The fourth-order valence-corrected chi connectivity index (χ4v) is 3.22. The first kappa shape index (κ1) is 21.1. The monoisotopic (exact) mass is 425 g/mol. The van der Waals surface area contributed by atoms with Crippen molar-refractivity contribution in [1.82, 2.24) is 15.0 Å². The summed E-state index contributed by atoms with van der Waals surface area (Å²) < 4.78 is 5.16. The van der Waals surface area contributed by atoms with Gasteiger partial charge in [0.25, 0.3) is 5.91 Å². The summed E-state index contributed by atoms with van der Waals surface area (Å²) in [5.41, 5.74) is 5.62. The molecule has 0 spiro atoms. The van der Waals surface area contributed by atoms with Crippen LogP contribution in [-0.4, -0.2) is 28.0 Å². The highest BCUT2D eigenvalue weighted by molar-refractivity contribution is 6.05. The van der Waals surface area contributed by atoms with E-state index in [-0.39, 0.29) is 5.91 Å². The number of ether oxygens (including phenoxy) is 1. The molecule has 2 N–H and O–H groups in total. The summed E-state index contributed by atoms with van der Waals surface area (Å²) in [6.45, 7) is 2.45. The first-order valence-electron chi connectivity index (χ1n) is 10.1. The van der Waals surface area contributed by atoms with Crippen molar-refractivity contribution < 1.29 is 9.53 Å². The van der Waals surface area contributed by atoms with Crippen molar-refractivity contribution in [2.75, 3.05) is 17.7 Å². The van der Waals surface area contributed by atoms with Gasteiger partial charge in [-0.2, -0.15) is 0 Å². The van der Waals surface area contributed by atoms with Crippen LogP contribution < -0.4 is 10.6 Å². The second-order valence-electron chi connectivity index (χ2n) is 7.25. The number of hydrogen-bond acceptors (Lipinski definition) is 6. The van der Waals surface area contributed by atoms with E-state index in [0.29, 0.717) is 23.8 Å². The van der Waals surface area contributed by atoms with Crippen LogP contribution in [0.25, 0.3) is 11.3 Å². The number of hydrogen-bond donors (Lipinski definition) is 2. The Morgan fingerprint density at radius 2 is 1.94 bits per heavy atom. The second-order valence-corrected chi connectivity index (χ2v) is 7.25. The van der Waals surface area contributed by atoms with E-state index in [9.17, 15) is 4.79 Å². The molecule has 0 bridgehead atoms. The molecule has 4 rings (SSSR count). The first-order chi connectivity index (χ1) is 15.6. The molecule has 1 amide bonds. The summed E-state index contributed by atoms with van der Waals surface area (Å²) in [5.74, 6) is 0.243. The number of anilines is 3. The molecule has 4 aromatic rings. The third kappa shape index (κ3) is 5.14. The Balaban J connectivity index is 1.53. The molecule has 0 fully saturated rings. The number of carbonyl (C=O) groups is 1. The Labute approximate surface area is 186 Å².